The highest BCUT2D eigenvalue weighted by atomic mass is 19.3. The number of fused-ring (bicyclic) bond motifs is 1. The number of nitrogens with one attached hydrogen (secondary N) is 2. The van der Waals surface area contributed by atoms with Gasteiger partial charge in [0.2, 0.25) is 5.91 Å². The highest BCUT2D eigenvalue weighted by Gasteiger charge is 2.67. The van der Waals surface area contributed by atoms with E-state index < -0.39 is 12.5 Å². The molecular formula is C39H45F2N5O2. The number of allylic oxidation sites excluding steroid dienone is 3. The van der Waals surface area contributed by atoms with Crippen molar-refractivity contribution >= 4 is 29.2 Å². The monoisotopic (exact) mass is 653 g/mol. The van der Waals surface area contributed by atoms with Crippen molar-refractivity contribution in [1.82, 2.24) is 10.6 Å². The molecule has 0 aromatic heterocycles. The highest BCUT2D eigenvalue weighted by Crippen LogP contribution is 2.66. The lowest BCUT2D eigenvalue weighted by atomic mass is 9.65. The third-order valence-electron chi connectivity index (χ3n) is 11.9. The van der Waals surface area contributed by atoms with Gasteiger partial charge in [-0.15, -0.1) is 0 Å². The molecule has 0 bridgehead atoms. The van der Waals surface area contributed by atoms with E-state index in [-0.39, 0.29) is 16.7 Å². The second-order valence-corrected chi connectivity index (χ2v) is 14.5. The summed E-state index contributed by atoms with van der Waals surface area (Å²) in [4.78, 5) is 21.2. The number of nitrogens with zero attached hydrogens (tertiary/aromatic N) is 2. The third-order valence-corrected chi connectivity index (χ3v) is 11.9. The number of carbonyl (C=O) groups is 1. The Morgan fingerprint density at radius 2 is 1.79 bits per heavy atom. The van der Waals surface area contributed by atoms with Gasteiger partial charge in [-0.3, -0.25) is 9.79 Å². The molecule has 2 fully saturated rings. The van der Waals surface area contributed by atoms with Crippen molar-refractivity contribution in [2.45, 2.75) is 77.9 Å². The average molecular weight is 654 g/mol. The number of carbonyl (C=O) groups excluding carboxylic acids is 1. The molecule has 4 N–H and O–H groups in total. The predicted molar refractivity (Wildman–Crippen MR) is 187 cm³/mol. The Bertz CT molecular complexity index is 1740. The summed E-state index contributed by atoms with van der Waals surface area (Å²) in [6.45, 7) is 5.47. The number of benzene rings is 2. The smallest absolute Gasteiger partial charge is 0.387 e. The SMILES string of the molecule is CC1=C(c2ccc(OC(F)F)cc2)NC2(C3(C)CCCC[C@@H](C4=NC=NCC5=C4C=C(c4ccc(C(N)=O)cc4)CN5)CC3)CC2[C@H]1C. The van der Waals surface area contributed by atoms with Crippen LogP contribution in [-0.4, -0.2) is 43.2 Å². The van der Waals surface area contributed by atoms with E-state index >= 15 is 0 Å². The number of alkyl halides is 2. The van der Waals surface area contributed by atoms with Gasteiger partial charge in [-0.2, -0.15) is 8.78 Å². The zero-order valence-corrected chi connectivity index (χ0v) is 28.0. The van der Waals surface area contributed by atoms with Gasteiger partial charge in [0.15, 0.2) is 0 Å². The summed E-state index contributed by atoms with van der Waals surface area (Å²) in [6.07, 6.45) is 11.8. The van der Waals surface area contributed by atoms with Crippen LogP contribution >= 0.6 is 0 Å². The molecule has 1 amide bonds. The first-order valence-corrected chi connectivity index (χ1v) is 17.3. The summed E-state index contributed by atoms with van der Waals surface area (Å²) < 4.78 is 30.2. The maximum Gasteiger partial charge on any atom is 0.387 e. The number of aliphatic imine (C=N–C) groups is 2. The standard InChI is InChI=1S/C39H45F2N5O2/c1-23-24(2)34(27-11-13-30(14-12-27)48-37(40)41)46-39(19-32(23)39)38(3)16-5-4-6-26(15-17-38)35-31-18-29(20-44-33(31)21-43-22-45-35)25-7-9-28(10-8-25)36(42)47/h7-14,18,22-23,26,32,37,44,46H,4-6,15-17,19-21H2,1-3H3,(H2,42,47)/t23-,26+,32?,38?,39?/m0/s1. The molecule has 9 heteroatoms. The number of dihydropyridines is 1. The van der Waals surface area contributed by atoms with Crippen LogP contribution in [0.2, 0.25) is 0 Å². The van der Waals surface area contributed by atoms with Crippen molar-refractivity contribution in [2.24, 2.45) is 38.9 Å². The summed E-state index contributed by atoms with van der Waals surface area (Å²) in [6, 6.07) is 14.6. The average Bonchev–Trinajstić information content (AvgIpc) is 3.86. The van der Waals surface area contributed by atoms with E-state index in [0.717, 1.165) is 84.3 Å². The van der Waals surface area contributed by atoms with Crippen molar-refractivity contribution in [2.75, 3.05) is 13.1 Å². The zero-order chi connectivity index (χ0) is 33.6. The van der Waals surface area contributed by atoms with Crippen LogP contribution in [0.4, 0.5) is 8.78 Å². The maximum atomic E-state index is 12.8. The van der Waals surface area contributed by atoms with E-state index in [1.54, 1.807) is 30.6 Å². The normalized spacial score (nSPS) is 30.1. The van der Waals surface area contributed by atoms with Crippen molar-refractivity contribution < 1.29 is 18.3 Å². The van der Waals surface area contributed by atoms with E-state index in [4.69, 9.17) is 10.7 Å². The van der Waals surface area contributed by atoms with Crippen LogP contribution < -0.4 is 21.1 Å². The van der Waals surface area contributed by atoms with Crippen LogP contribution in [0.3, 0.4) is 0 Å². The van der Waals surface area contributed by atoms with Gasteiger partial charge >= 0.3 is 6.61 Å². The topological polar surface area (TPSA) is 101 Å². The lowest BCUT2D eigenvalue weighted by Crippen LogP contribution is -2.51. The highest BCUT2D eigenvalue weighted by molar-refractivity contribution is 6.10. The summed E-state index contributed by atoms with van der Waals surface area (Å²) in [5, 5.41) is 7.72. The van der Waals surface area contributed by atoms with Gasteiger partial charge in [0, 0.05) is 40.5 Å². The molecule has 3 unspecified atom stereocenters. The fourth-order valence-corrected chi connectivity index (χ4v) is 8.86. The van der Waals surface area contributed by atoms with Gasteiger partial charge in [-0.05, 0) is 121 Å². The minimum Gasteiger partial charge on any atom is -0.435 e. The zero-order valence-electron chi connectivity index (χ0n) is 28.0. The van der Waals surface area contributed by atoms with Gasteiger partial charge in [0.25, 0.3) is 0 Å². The molecule has 48 heavy (non-hydrogen) atoms. The molecule has 5 atom stereocenters. The molecule has 0 radical (unpaired) electrons. The van der Waals surface area contributed by atoms with Crippen molar-refractivity contribution in [3.63, 3.8) is 0 Å². The van der Waals surface area contributed by atoms with Crippen LogP contribution in [0.25, 0.3) is 11.3 Å². The molecule has 2 aromatic rings. The predicted octanol–water partition coefficient (Wildman–Crippen LogP) is 7.52. The number of ether oxygens (including phenoxy) is 1. The Morgan fingerprint density at radius 3 is 2.52 bits per heavy atom. The molecule has 0 spiro atoms. The van der Waals surface area contributed by atoms with Gasteiger partial charge in [-0.1, -0.05) is 38.8 Å². The van der Waals surface area contributed by atoms with Crippen LogP contribution in [0.1, 0.15) is 87.2 Å². The Balaban J connectivity index is 1.13. The fourth-order valence-electron chi connectivity index (χ4n) is 8.86. The number of halogens is 2. The van der Waals surface area contributed by atoms with Crippen molar-refractivity contribution in [3.8, 4) is 5.75 Å². The molecule has 7 rings (SSSR count). The Morgan fingerprint density at radius 1 is 1.04 bits per heavy atom. The summed E-state index contributed by atoms with van der Waals surface area (Å²) >= 11 is 0. The molecule has 2 aromatic carbocycles. The molecule has 7 nitrogen and oxygen atoms in total. The minimum atomic E-state index is -2.84. The van der Waals surface area contributed by atoms with Gasteiger partial charge in [0.1, 0.15) is 12.1 Å². The van der Waals surface area contributed by atoms with E-state index in [0.29, 0.717) is 36.4 Å². The second-order valence-electron chi connectivity index (χ2n) is 14.5. The molecule has 5 aliphatic rings. The van der Waals surface area contributed by atoms with Crippen molar-refractivity contribution in [1.29, 1.82) is 0 Å². The molecule has 2 saturated carbocycles. The second kappa shape index (κ2) is 12.6. The Labute approximate surface area is 281 Å². The van der Waals surface area contributed by atoms with Crippen LogP contribution in [0.5, 0.6) is 5.75 Å². The molecule has 252 valence electrons. The van der Waals surface area contributed by atoms with E-state index in [1.807, 2.05) is 24.3 Å². The molecule has 3 aliphatic heterocycles. The summed E-state index contributed by atoms with van der Waals surface area (Å²) in [5.74, 6) is 1.05. The van der Waals surface area contributed by atoms with E-state index in [9.17, 15) is 13.6 Å². The van der Waals surface area contributed by atoms with Crippen LogP contribution in [-0.2, 0) is 0 Å². The van der Waals surface area contributed by atoms with Gasteiger partial charge < -0.3 is 21.1 Å². The number of rotatable bonds is 7. The Hall–Kier alpha value is -4.27. The van der Waals surface area contributed by atoms with Crippen LogP contribution in [0.15, 0.2) is 81.4 Å². The summed E-state index contributed by atoms with van der Waals surface area (Å²) in [7, 11) is 0. The molecular weight excluding hydrogens is 608 g/mol. The quantitative estimate of drug-likeness (QED) is 0.288. The largest absolute Gasteiger partial charge is 0.435 e. The van der Waals surface area contributed by atoms with Crippen molar-refractivity contribution in [3.05, 3.63) is 88.1 Å². The lowest BCUT2D eigenvalue weighted by molar-refractivity contribution is -0.0498. The van der Waals surface area contributed by atoms with E-state index in [2.05, 4.69) is 47.2 Å². The number of hydrogen-bond acceptors (Lipinski definition) is 6. The first kappa shape index (κ1) is 32.3. The van der Waals surface area contributed by atoms with Gasteiger partial charge in [0.05, 0.1) is 12.3 Å². The minimum absolute atomic E-state index is 0.00498. The van der Waals surface area contributed by atoms with E-state index in [1.165, 1.54) is 5.57 Å². The third kappa shape index (κ3) is 5.86. The number of nitrogens with two attached hydrogens (primary N) is 1. The Kier molecular flexibility index (Phi) is 8.50. The molecule has 2 aliphatic carbocycles. The number of hydrogen-bond donors (Lipinski definition) is 3. The summed E-state index contributed by atoms with van der Waals surface area (Å²) in [5.41, 5.74) is 15.1. The number of amides is 1. The first-order chi connectivity index (χ1) is 23.1. The maximum absolute atomic E-state index is 12.8. The fraction of sp³-hybridized carbons (Fsp3) is 0.462. The lowest BCUT2D eigenvalue weighted by Gasteiger charge is -2.46. The van der Waals surface area contributed by atoms with Gasteiger partial charge in [-0.25, -0.2) is 4.99 Å². The molecule has 0 saturated heterocycles. The van der Waals surface area contributed by atoms with Crippen LogP contribution in [0, 0.1) is 23.2 Å². The first-order valence-electron chi connectivity index (χ1n) is 17.3. The number of primary amides is 1. The molecule has 3 heterocycles.